The average Bonchev–Trinajstić information content (AvgIpc) is 0.872. The summed E-state index contributed by atoms with van der Waals surface area (Å²) in [5, 5.41) is 30.4. The Morgan fingerprint density at radius 2 is 0.436 bits per heavy atom. The summed E-state index contributed by atoms with van der Waals surface area (Å²) in [7, 11) is -17.4. The van der Waals surface area contributed by atoms with Gasteiger partial charge in [-0.15, -0.1) is 0 Å². The van der Waals surface area contributed by atoms with E-state index in [0.717, 1.165) is 67.3 Å². The molecular formula is C64H90Cu2N4O20P4+2. The summed E-state index contributed by atoms with van der Waals surface area (Å²) in [5.41, 5.74) is 9.44. The van der Waals surface area contributed by atoms with Crippen LogP contribution in [0.5, 0.6) is 23.0 Å². The van der Waals surface area contributed by atoms with E-state index < -0.39 is 51.8 Å². The molecule has 0 aliphatic rings. The van der Waals surface area contributed by atoms with Crippen molar-refractivity contribution in [2.45, 2.75) is 132 Å². The van der Waals surface area contributed by atoms with Gasteiger partial charge in [-0.1, -0.05) is 97.1 Å². The molecule has 0 saturated carbocycles. The summed E-state index contributed by atoms with van der Waals surface area (Å²) in [4.78, 5) is 63.5. The van der Waals surface area contributed by atoms with Crippen molar-refractivity contribution in [2.24, 2.45) is 0 Å². The minimum Gasteiger partial charge on any atom is -0.767 e. The summed E-state index contributed by atoms with van der Waals surface area (Å²) < 4.78 is 66.6. The Morgan fingerprint density at radius 3 is 0.543 bits per heavy atom. The summed E-state index contributed by atoms with van der Waals surface area (Å²) in [6.45, 7) is 23.6. The molecule has 4 aromatic heterocycles. The Hall–Kier alpha value is -5.84. The Labute approximate surface area is 572 Å². The molecule has 4 aromatic carbocycles. The van der Waals surface area contributed by atoms with E-state index in [9.17, 15) is 58.3 Å². The molecule has 4 atom stereocenters. The zero-order valence-corrected chi connectivity index (χ0v) is 60.7. The van der Waals surface area contributed by atoms with Crippen LogP contribution in [-0.2, 0) is 63.3 Å². The zero-order valence-electron chi connectivity index (χ0n) is 55.2. The molecule has 94 heavy (non-hydrogen) atoms. The number of aliphatic hydroxyl groups is 4. The smallest absolute Gasteiger partial charge is 0.767 e. The molecule has 0 saturated heterocycles. The van der Waals surface area contributed by atoms with E-state index in [4.69, 9.17) is 18.1 Å². The van der Waals surface area contributed by atoms with Gasteiger partial charge in [-0.2, -0.15) is 0 Å². The number of aromatic nitrogens is 4. The number of aryl methyl sites for hydroxylation is 8. The van der Waals surface area contributed by atoms with Crippen LogP contribution in [0.2, 0.25) is 0 Å². The molecule has 0 amide bonds. The van der Waals surface area contributed by atoms with Crippen molar-refractivity contribution in [2.75, 3.05) is 0 Å². The van der Waals surface area contributed by atoms with Gasteiger partial charge >= 0.3 is 34.1 Å². The molecule has 8 rings (SSSR count). The van der Waals surface area contributed by atoms with Crippen molar-refractivity contribution >= 4 is 30.4 Å². The van der Waals surface area contributed by atoms with Crippen LogP contribution >= 0.6 is 30.4 Å². The SMILES string of the molecule is Cc1cccc(C)c1OP(=O)([O-])C(C)(C)O.Cc1cccc(C)c1OP(=O)([O-])C(C)(C)O.Cc1cccc(C)c1OP(=O)([O-])C(C)(C)O.Cc1cccc(C)c1OP(=O)([O-])C(C)(C)O.O.O.[Cu+2].[Cu+2].[OH3+].[OH3+].c1ccc(-c2ccccn2)nc1.c1ccc(-c2ccccn2)nc1. The van der Waals surface area contributed by atoms with Gasteiger partial charge in [-0.05, 0) is 204 Å². The number of para-hydroxylation sites is 4. The van der Waals surface area contributed by atoms with Gasteiger partial charge in [-0.3, -0.25) is 38.2 Å². The second-order valence-electron chi connectivity index (χ2n) is 22.1. The minimum atomic E-state index is -4.35. The molecule has 4 unspecified atom stereocenters. The third-order valence-electron chi connectivity index (χ3n) is 12.3. The summed E-state index contributed by atoms with van der Waals surface area (Å²) >= 11 is 0. The van der Waals surface area contributed by atoms with Crippen LogP contribution in [0.3, 0.4) is 0 Å². The van der Waals surface area contributed by atoms with Crippen LogP contribution in [0.25, 0.3) is 22.8 Å². The molecule has 2 radical (unpaired) electrons. The van der Waals surface area contributed by atoms with E-state index >= 15 is 0 Å². The Morgan fingerprint density at radius 1 is 0.298 bits per heavy atom. The van der Waals surface area contributed by atoms with E-state index in [1.165, 1.54) is 55.4 Å². The van der Waals surface area contributed by atoms with Crippen LogP contribution in [0.15, 0.2) is 170 Å². The van der Waals surface area contributed by atoms with Gasteiger partial charge in [0.2, 0.25) is 30.4 Å². The second-order valence-corrected chi connectivity index (χ2v) is 31.2. The summed E-state index contributed by atoms with van der Waals surface area (Å²) in [5.74, 6) is 1.18. The van der Waals surface area contributed by atoms with Crippen LogP contribution in [-0.4, -0.2) is 72.7 Å². The van der Waals surface area contributed by atoms with Crippen molar-refractivity contribution in [1.29, 1.82) is 0 Å². The van der Waals surface area contributed by atoms with Gasteiger partial charge < -0.3 is 80.0 Å². The number of hydrogen-bond donors (Lipinski definition) is 4. The Kier molecular flexibility index (Phi) is 40.9. The monoisotopic (exact) mass is 1480 g/mol. The van der Waals surface area contributed by atoms with Gasteiger partial charge in [0, 0.05) is 24.8 Å². The molecule has 24 nitrogen and oxygen atoms in total. The molecule has 0 aliphatic carbocycles. The number of hydrogen-bond acceptors (Lipinski definition) is 20. The quantitative estimate of drug-likeness (QED) is 0.0449. The maximum atomic E-state index is 11.7. The molecule has 526 valence electrons. The number of nitrogens with zero attached hydrogens (tertiary/aromatic N) is 4. The minimum absolute atomic E-state index is 0. The fourth-order valence-corrected chi connectivity index (χ4v) is 9.76. The van der Waals surface area contributed by atoms with Crippen molar-refractivity contribution in [1.82, 2.24) is 19.9 Å². The van der Waals surface area contributed by atoms with Crippen LogP contribution < -0.4 is 37.7 Å². The van der Waals surface area contributed by atoms with E-state index in [0.29, 0.717) is 23.0 Å². The van der Waals surface area contributed by atoms with Crippen LogP contribution in [0.1, 0.15) is 99.9 Å². The first-order chi connectivity index (χ1) is 40.5. The fourth-order valence-electron chi connectivity index (χ4n) is 6.76. The molecule has 0 aliphatic heterocycles. The average molecular weight is 1490 g/mol. The van der Waals surface area contributed by atoms with Crippen LogP contribution in [0.4, 0.5) is 0 Å². The third kappa shape index (κ3) is 29.2. The first kappa shape index (κ1) is 94.6. The van der Waals surface area contributed by atoms with E-state index in [1.54, 1.807) is 129 Å². The Balaban J connectivity index is -0.000000512. The number of benzene rings is 4. The summed E-state index contributed by atoms with van der Waals surface area (Å²) in [6, 6.07) is 44.5. The molecule has 14 N–H and O–H groups in total. The predicted octanol–water partition coefficient (Wildman–Crippen LogP) is 8.65. The van der Waals surface area contributed by atoms with Gasteiger partial charge in [-0.25, -0.2) is 0 Å². The first-order valence-electron chi connectivity index (χ1n) is 27.4. The standard InChI is InChI=1S/4C11H17O4P.2C10H8N2.2Cu.4H2O/c4*1-8-6-5-7-9(2)10(8)15-16(13,14)11(3,4)12;2*1-3-7-11-9(5-1)10-6-2-4-8-12-10;;;;;;/h4*5-7,12H,1-4H3,(H,13,14);2*1-8H;;;4*1H2/q;;;;;;2*+2;;;;/p-2. The molecule has 30 heteroatoms. The largest absolute Gasteiger partial charge is 2.00 e. The molecule has 0 spiro atoms. The number of rotatable bonds is 14. The maximum absolute atomic E-state index is 11.7. The molecular weight excluding hydrogens is 1400 g/mol. The van der Waals surface area contributed by atoms with Gasteiger partial charge in [0.15, 0.2) is 0 Å². The number of pyridine rings is 4. The van der Waals surface area contributed by atoms with E-state index in [1.807, 2.05) is 97.1 Å². The van der Waals surface area contributed by atoms with Crippen LogP contribution in [0, 0.1) is 55.4 Å². The van der Waals surface area contributed by atoms with Crippen molar-refractivity contribution in [3.05, 3.63) is 215 Å². The maximum Gasteiger partial charge on any atom is 2.00 e. The van der Waals surface area contributed by atoms with E-state index in [2.05, 4.69) is 19.9 Å². The van der Waals surface area contributed by atoms with Crippen molar-refractivity contribution < 1.29 is 132 Å². The van der Waals surface area contributed by atoms with E-state index in [-0.39, 0.29) is 56.0 Å². The van der Waals surface area contributed by atoms with Gasteiger partial charge in [0.1, 0.15) is 44.4 Å². The van der Waals surface area contributed by atoms with Crippen molar-refractivity contribution in [3.8, 4) is 45.8 Å². The Bertz CT molecular complexity index is 3150. The topological polar surface area (TPSA) is 459 Å². The molecule has 8 aromatic rings. The molecule has 4 heterocycles. The summed E-state index contributed by atoms with van der Waals surface area (Å²) in [6.07, 6.45) is 7.07. The second kappa shape index (κ2) is 40.7. The first-order valence-corrected chi connectivity index (χ1v) is 33.5. The molecule has 0 bridgehead atoms. The predicted molar refractivity (Wildman–Crippen MR) is 354 cm³/mol. The zero-order chi connectivity index (χ0) is 66.7. The van der Waals surface area contributed by atoms with Gasteiger partial charge in [0.25, 0.3) is 0 Å². The van der Waals surface area contributed by atoms with Crippen molar-refractivity contribution in [3.63, 3.8) is 0 Å². The normalized spacial score (nSPS) is 13.1. The molecule has 0 fully saturated rings. The van der Waals surface area contributed by atoms with Gasteiger partial charge in [0.05, 0.1) is 22.8 Å². The third-order valence-corrected chi connectivity index (χ3v) is 19.4. The fraction of sp³-hybridized carbons (Fsp3) is 0.312.